The third-order valence-electron chi connectivity index (χ3n) is 6.46. The second-order valence-electron chi connectivity index (χ2n) is 10.3. The number of hydrogen-bond acceptors (Lipinski definition) is 7. The van der Waals surface area contributed by atoms with Gasteiger partial charge in [-0.3, -0.25) is 19.4 Å². The van der Waals surface area contributed by atoms with Crippen LogP contribution in [0.25, 0.3) is 0 Å². The van der Waals surface area contributed by atoms with Crippen LogP contribution in [0.2, 0.25) is 0 Å². The van der Waals surface area contributed by atoms with E-state index in [4.69, 9.17) is 17.2 Å². The summed E-state index contributed by atoms with van der Waals surface area (Å²) in [5, 5.41) is 27.2. The highest BCUT2D eigenvalue weighted by Crippen LogP contribution is 2.13. The van der Waals surface area contributed by atoms with Gasteiger partial charge in [0.25, 0.3) is 0 Å². The number of guanidine groups is 1. The number of carbonyl (C=O) groups is 4. The molecule has 2 aromatic carbocycles. The molecule has 0 saturated carbocycles. The first kappa shape index (κ1) is 33.6. The number of aromatic hydroxyl groups is 1. The van der Waals surface area contributed by atoms with Crippen LogP contribution in [0.4, 0.5) is 0 Å². The quantitative estimate of drug-likeness (QED) is 0.0738. The minimum Gasteiger partial charge on any atom is -0.508 e. The Labute approximate surface area is 244 Å². The monoisotopic (exact) mass is 583 g/mol. The van der Waals surface area contributed by atoms with Crippen LogP contribution in [0, 0.1) is 5.92 Å². The predicted molar refractivity (Wildman–Crippen MR) is 158 cm³/mol. The first-order valence-corrected chi connectivity index (χ1v) is 13.6. The molecule has 4 atom stereocenters. The molecule has 3 amide bonds. The fourth-order valence-corrected chi connectivity index (χ4v) is 4.11. The maximum atomic E-state index is 13.4. The maximum absolute atomic E-state index is 13.4. The smallest absolute Gasteiger partial charge is 0.326 e. The van der Waals surface area contributed by atoms with E-state index < -0.39 is 47.9 Å². The molecule has 0 aliphatic carbocycles. The zero-order valence-electron chi connectivity index (χ0n) is 23.8. The van der Waals surface area contributed by atoms with E-state index in [1.54, 1.807) is 56.3 Å². The summed E-state index contributed by atoms with van der Waals surface area (Å²) in [4.78, 5) is 55.4. The summed E-state index contributed by atoms with van der Waals surface area (Å²) < 4.78 is 0. The van der Waals surface area contributed by atoms with E-state index in [1.807, 2.05) is 0 Å². The lowest BCUT2D eigenvalue weighted by molar-refractivity contribution is -0.142. The van der Waals surface area contributed by atoms with E-state index in [1.165, 1.54) is 12.1 Å². The minimum absolute atomic E-state index is 0.0268. The molecule has 13 nitrogen and oxygen atoms in total. The van der Waals surface area contributed by atoms with Gasteiger partial charge in [0.05, 0.1) is 6.04 Å². The van der Waals surface area contributed by atoms with E-state index >= 15 is 0 Å². The van der Waals surface area contributed by atoms with Crippen molar-refractivity contribution >= 4 is 29.7 Å². The number of amides is 3. The van der Waals surface area contributed by atoms with Crippen molar-refractivity contribution in [1.29, 1.82) is 0 Å². The molecule has 228 valence electrons. The van der Waals surface area contributed by atoms with Crippen LogP contribution in [0.15, 0.2) is 59.6 Å². The Hall–Kier alpha value is -4.65. The minimum atomic E-state index is -1.30. The number of aliphatic carboxylic acids is 1. The molecule has 2 rings (SSSR count). The van der Waals surface area contributed by atoms with Gasteiger partial charge >= 0.3 is 5.97 Å². The molecule has 0 spiro atoms. The van der Waals surface area contributed by atoms with E-state index in [2.05, 4.69) is 20.9 Å². The molecule has 0 aliphatic heterocycles. The van der Waals surface area contributed by atoms with E-state index in [0.717, 1.165) is 5.56 Å². The van der Waals surface area contributed by atoms with Crippen molar-refractivity contribution in [1.82, 2.24) is 16.0 Å². The number of carboxylic acids is 1. The number of carbonyl (C=O) groups excluding carboxylic acids is 3. The van der Waals surface area contributed by atoms with Gasteiger partial charge in [0.15, 0.2) is 5.96 Å². The molecule has 11 N–H and O–H groups in total. The zero-order valence-corrected chi connectivity index (χ0v) is 23.8. The predicted octanol–water partition coefficient (Wildman–Crippen LogP) is -0.247. The van der Waals surface area contributed by atoms with E-state index in [-0.39, 0.29) is 36.9 Å². The average molecular weight is 584 g/mol. The van der Waals surface area contributed by atoms with Crippen molar-refractivity contribution in [3.8, 4) is 5.75 Å². The van der Waals surface area contributed by atoms with Crippen molar-refractivity contribution in [2.45, 2.75) is 63.7 Å². The summed E-state index contributed by atoms with van der Waals surface area (Å²) in [6, 6.07) is 10.5. The molecule has 0 bridgehead atoms. The number of nitrogens with zero attached hydrogens (tertiary/aromatic N) is 1. The summed E-state index contributed by atoms with van der Waals surface area (Å²) in [5.74, 6) is -3.52. The van der Waals surface area contributed by atoms with Gasteiger partial charge in [0.2, 0.25) is 17.7 Å². The Kier molecular flexibility index (Phi) is 13.2. The number of rotatable bonds is 16. The van der Waals surface area contributed by atoms with Gasteiger partial charge in [-0.25, -0.2) is 4.79 Å². The highest BCUT2D eigenvalue weighted by Gasteiger charge is 2.32. The Morgan fingerprint density at radius 1 is 0.810 bits per heavy atom. The van der Waals surface area contributed by atoms with Gasteiger partial charge in [0.1, 0.15) is 23.9 Å². The largest absolute Gasteiger partial charge is 0.508 e. The molecule has 0 aliphatic rings. The van der Waals surface area contributed by atoms with Gasteiger partial charge < -0.3 is 43.4 Å². The van der Waals surface area contributed by atoms with Crippen LogP contribution in [-0.4, -0.2) is 70.6 Å². The van der Waals surface area contributed by atoms with Crippen molar-refractivity contribution < 1.29 is 29.4 Å². The van der Waals surface area contributed by atoms with Crippen LogP contribution in [0.5, 0.6) is 5.75 Å². The van der Waals surface area contributed by atoms with Crippen molar-refractivity contribution in [3.63, 3.8) is 0 Å². The number of phenolic OH excluding ortho intramolecular Hbond substituents is 1. The van der Waals surface area contributed by atoms with E-state index in [0.29, 0.717) is 18.5 Å². The van der Waals surface area contributed by atoms with Crippen molar-refractivity contribution in [2.24, 2.45) is 28.1 Å². The van der Waals surface area contributed by atoms with Gasteiger partial charge in [0, 0.05) is 19.4 Å². The number of nitrogens with two attached hydrogens (primary N) is 3. The molecular formula is C29H41N7O6. The van der Waals surface area contributed by atoms with Crippen molar-refractivity contribution in [2.75, 3.05) is 6.54 Å². The molecule has 42 heavy (non-hydrogen) atoms. The SMILES string of the molecule is CC(C)C(NC(=O)C(N)CCCN=C(N)N)C(=O)NC(Cc1ccccc1)C(=O)NC(Cc1ccc(O)cc1)C(=O)O. The lowest BCUT2D eigenvalue weighted by Gasteiger charge is -2.27. The highest BCUT2D eigenvalue weighted by atomic mass is 16.4. The van der Waals surface area contributed by atoms with Crippen LogP contribution < -0.4 is 33.2 Å². The number of nitrogens with one attached hydrogen (secondary N) is 3. The second-order valence-corrected chi connectivity index (χ2v) is 10.3. The standard InChI is InChI=1S/C29H41N7O6/c1-17(2)24(36-25(38)21(30)9-6-14-33-29(31)32)27(40)34-22(15-18-7-4-3-5-8-18)26(39)35-23(28(41)42)16-19-10-12-20(37)13-11-19/h3-5,7-8,10-13,17,21-24,37H,6,9,14-16,30H2,1-2H3,(H,34,40)(H,35,39)(H,36,38)(H,41,42)(H4,31,32,33). The third-order valence-corrected chi connectivity index (χ3v) is 6.46. The average Bonchev–Trinajstić information content (AvgIpc) is 2.94. The van der Waals surface area contributed by atoms with Crippen molar-refractivity contribution in [3.05, 3.63) is 65.7 Å². The van der Waals surface area contributed by atoms with E-state index in [9.17, 15) is 29.4 Å². The molecule has 0 fully saturated rings. The Morgan fingerprint density at radius 2 is 1.38 bits per heavy atom. The Morgan fingerprint density at radius 3 is 1.95 bits per heavy atom. The van der Waals surface area contributed by atoms with Crippen LogP contribution in [-0.2, 0) is 32.0 Å². The molecule has 2 aromatic rings. The van der Waals surface area contributed by atoms with Crippen LogP contribution in [0.3, 0.4) is 0 Å². The number of hydrogen-bond donors (Lipinski definition) is 8. The summed E-state index contributed by atoms with van der Waals surface area (Å²) in [6.07, 6.45) is 0.775. The summed E-state index contributed by atoms with van der Waals surface area (Å²) >= 11 is 0. The molecule has 0 aromatic heterocycles. The first-order chi connectivity index (χ1) is 19.9. The molecule has 0 radical (unpaired) electrons. The summed E-state index contributed by atoms with van der Waals surface area (Å²) in [5.41, 5.74) is 17.9. The van der Waals surface area contributed by atoms with Gasteiger partial charge in [-0.05, 0) is 42.0 Å². The lowest BCUT2D eigenvalue weighted by Crippen LogP contribution is -2.59. The first-order valence-electron chi connectivity index (χ1n) is 13.6. The fourth-order valence-electron chi connectivity index (χ4n) is 4.11. The summed E-state index contributed by atoms with van der Waals surface area (Å²) in [7, 11) is 0. The highest BCUT2D eigenvalue weighted by molar-refractivity contribution is 5.94. The number of carboxylic acid groups (broad SMARTS) is 1. The molecular weight excluding hydrogens is 542 g/mol. The van der Waals surface area contributed by atoms with Gasteiger partial charge in [-0.15, -0.1) is 0 Å². The number of aliphatic imine (C=N–C) groups is 1. The maximum Gasteiger partial charge on any atom is 0.326 e. The number of benzene rings is 2. The zero-order chi connectivity index (χ0) is 31.2. The van der Waals surface area contributed by atoms with Crippen LogP contribution in [0.1, 0.15) is 37.8 Å². The number of phenols is 1. The Bertz CT molecular complexity index is 1220. The fraction of sp³-hybridized carbons (Fsp3) is 0.414. The molecule has 0 saturated heterocycles. The van der Waals surface area contributed by atoms with Gasteiger partial charge in [-0.2, -0.15) is 0 Å². The molecule has 0 heterocycles. The summed E-state index contributed by atoms with van der Waals surface area (Å²) in [6.45, 7) is 3.77. The third kappa shape index (κ3) is 11.5. The lowest BCUT2D eigenvalue weighted by atomic mass is 9.99. The molecule has 4 unspecified atom stereocenters. The normalized spacial score (nSPS) is 13.7. The molecule has 13 heteroatoms. The van der Waals surface area contributed by atoms with Gasteiger partial charge in [-0.1, -0.05) is 56.3 Å². The Balaban J connectivity index is 2.17. The second kappa shape index (κ2) is 16.6. The topological polar surface area (TPSA) is 235 Å². The van der Waals surface area contributed by atoms with Crippen LogP contribution >= 0.6 is 0 Å².